The molecule has 1 atom stereocenters. The number of hydrogen-bond acceptors (Lipinski definition) is 4. The van der Waals surface area contributed by atoms with Crippen molar-refractivity contribution >= 4 is 23.3 Å². The van der Waals surface area contributed by atoms with Gasteiger partial charge in [0.15, 0.2) is 0 Å². The SMILES string of the molecule is Cc1cnc(Cl)nc1NC1CCC(=O)N(C)C1. The average Bonchev–Trinajstić information content (AvgIpc) is 2.29. The predicted molar refractivity (Wildman–Crippen MR) is 66.1 cm³/mol. The number of nitrogens with one attached hydrogen (secondary N) is 1. The minimum Gasteiger partial charge on any atom is -0.365 e. The van der Waals surface area contributed by atoms with Crippen molar-refractivity contribution in [2.75, 3.05) is 18.9 Å². The van der Waals surface area contributed by atoms with Gasteiger partial charge in [0.1, 0.15) is 5.82 Å². The van der Waals surface area contributed by atoms with E-state index in [1.807, 2.05) is 14.0 Å². The van der Waals surface area contributed by atoms with Crippen LogP contribution in [0.25, 0.3) is 0 Å². The number of aryl methyl sites for hydroxylation is 1. The maximum absolute atomic E-state index is 11.4. The number of likely N-dealkylation sites (N-methyl/N-ethyl adjacent to an activating group) is 1. The molecule has 0 aromatic carbocycles. The molecule has 1 unspecified atom stereocenters. The van der Waals surface area contributed by atoms with Gasteiger partial charge in [0.25, 0.3) is 0 Å². The Kier molecular flexibility index (Phi) is 3.47. The van der Waals surface area contributed by atoms with Crippen LogP contribution in [0.4, 0.5) is 5.82 Å². The van der Waals surface area contributed by atoms with E-state index in [1.165, 1.54) is 0 Å². The van der Waals surface area contributed by atoms with Crippen molar-refractivity contribution in [1.82, 2.24) is 14.9 Å². The molecule has 0 spiro atoms. The minimum atomic E-state index is 0.195. The van der Waals surface area contributed by atoms with Gasteiger partial charge in [0.2, 0.25) is 11.2 Å². The Morgan fingerprint density at radius 1 is 1.59 bits per heavy atom. The molecule has 2 rings (SSSR count). The number of carbonyl (C=O) groups excluding carboxylic acids is 1. The lowest BCUT2D eigenvalue weighted by Gasteiger charge is -2.30. The Balaban J connectivity index is 2.06. The van der Waals surface area contributed by atoms with Crippen molar-refractivity contribution in [2.24, 2.45) is 0 Å². The summed E-state index contributed by atoms with van der Waals surface area (Å²) in [6.45, 7) is 2.62. The Hall–Kier alpha value is -1.36. The van der Waals surface area contributed by atoms with Crippen molar-refractivity contribution in [3.8, 4) is 0 Å². The molecule has 0 saturated carbocycles. The molecule has 1 aromatic heterocycles. The van der Waals surface area contributed by atoms with Crippen LogP contribution in [0.2, 0.25) is 5.28 Å². The highest BCUT2D eigenvalue weighted by Crippen LogP contribution is 2.18. The standard InChI is InChI=1S/C11H15ClN4O/c1-7-5-13-11(12)15-10(7)14-8-3-4-9(17)16(2)6-8/h5,8H,3-4,6H2,1-2H3,(H,13,14,15). The van der Waals surface area contributed by atoms with Crippen LogP contribution in [-0.2, 0) is 4.79 Å². The molecule has 1 saturated heterocycles. The number of nitrogens with zero attached hydrogens (tertiary/aromatic N) is 3. The summed E-state index contributed by atoms with van der Waals surface area (Å²) in [5.74, 6) is 0.943. The van der Waals surface area contributed by atoms with Gasteiger partial charge in [-0.25, -0.2) is 9.97 Å². The first-order chi connectivity index (χ1) is 8.06. The molecule has 5 nitrogen and oxygen atoms in total. The molecule has 2 heterocycles. The summed E-state index contributed by atoms with van der Waals surface area (Å²) >= 11 is 5.76. The van der Waals surface area contributed by atoms with Crippen LogP contribution in [0.3, 0.4) is 0 Å². The van der Waals surface area contributed by atoms with E-state index in [0.717, 1.165) is 17.8 Å². The lowest BCUT2D eigenvalue weighted by Crippen LogP contribution is -2.43. The van der Waals surface area contributed by atoms with Crippen LogP contribution in [-0.4, -0.2) is 40.4 Å². The summed E-state index contributed by atoms with van der Waals surface area (Å²) in [6.07, 6.45) is 3.09. The molecule has 0 radical (unpaired) electrons. The monoisotopic (exact) mass is 254 g/mol. The number of halogens is 1. The highest BCUT2D eigenvalue weighted by Gasteiger charge is 2.23. The van der Waals surface area contributed by atoms with E-state index < -0.39 is 0 Å². The molecule has 1 amide bonds. The fraction of sp³-hybridized carbons (Fsp3) is 0.545. The zero-order valence-electron chi connectivity index (χ0n) is 9.90. The number of anilines is 1. The average molecular weight is 255 g/mol. The van der Waals surface area contributed by atoms with Crippen molar-refractivity contribution in [2.45, 2.75) is 25.8 Å². The second kappa shape index (κ2) is 4.87. The normalized spacial score (nSPS) is 20.5. The smallest absolute Gasteiger partial charge is 0.224 e. The molecule has 1 aliphatic heterocycles. The van der Waals surface area contributed by atoms with E-state index in [9.17, 15) is 4.79 Å². The van der Waals surface area contributed by atoms with Crippen LogP contribution < -0.4 is 5.32 Å². The third-order valence-electron chi connectivity index (χ3n) is 2.91. The summed E-state index contributed by atoms with van der Waals surface area (Å²) in [5.41, 5.74) is 0.953. The van der Waals surface area contributed by atoms with Crippen LogP contribution in [0.15, 0.2) is 6.20 Å². The van der Waals surface area contributed by atoms with Gasteiger partial charge in [-0.2, -0.15) is 0 Å². The van der Waals surface area contributed by atoms with Crippen LogP contribution in [0, 0.1) is 6.92 Å². The molecule has 1 aliphatic rings. The molecule has 0 aliphatic carbocycles. The quantitative estimate of drug-likeness (QED) is 0.812. The fourth-order valence-corrected chi connectivity index (χ4v) is 2.02. The summed E-state index contributed by atoms with van der Waals surface area (Å²) in [7, 11) is 1.82. The van der Waals surface area contributed by atoms with Gasteiger partial charge < -0.3 is 10.2 Å². The molecule has 6 heteroatoms. The minimum absolute atomic E-state index is 0.195. The lowest BCUT2D eigenvalue weighted by molar-refractivity contribution is -0.132. The summed E-state index contributed by atoms with van der Waals surface area (Å²) in [5, 5.41) is 3.55. The van der Waals surface area contributed by atoms with Crippen molar-refractivity contribution < 1.29 is 4.79 Å². The zero-order valence-corrected chi connectivity index (χ0v) is 10.7. The van der Waals surface area contributed by atoms with Gasteiger partial charge in [-0.15, -0.1) is 0 Å². The van der Waals surface area contributed by atoms with Crippen molar-refractivity contribution in [3.63, 3.8) is 0 Å². The third-order valence-corrected chi connectivity index (χ3v) is 3.09. The van der Waals surface area contributed by atoms with E-state index in [1.54, 1.807) is 11.1 Å². The van der Waals surface area contributed by atoms with Crippen molar-refractivity contribution in [1.29, 1.82) is 0 Å². The van der Waals surface area contributed by atoms with E-state index >= 15 is 0 Å². The number of hydrogen-bond donors (Lipinski definition) is 1. The fourth-order valence-electron chi connectivity index (χ4n) is 1.89. The van der Waals surface area contributed by atoms with Gasteiger partial charge in [-0.05, 0) is 24.9 Å². The topological polar surface area (TPSA) is 58.1 Å². The zero-order chi connectivity index (χ0) is 12.4. The first kappa shape index (κ1) is 12.1. The molecule has 92 valence electrons. The number of amides is 1. The number of likely N-dealkylation sites (tertiary alicyclic amines) is 1. The highest BCUT2D eigenvalue weighted by molar-refractivity contribution is 6.28. The van der Waals surface area contributed by atoms with Gasteiger partial charge in [-0.3, -0.25) is 4.79 Å². The second-order valence-corrected chi connectivity index (χ2v) is 4.66. The van der Waals surface area contributed by atoms with Crippen LogP contribution in [0.1, 0.15) is 18.4 Å². The van der Waals surface area contributed by atoms with Gasteiger partial charge in [-0.1, -0.05) is 0 Å². The highest BCUT2D eigenvalue weighted by atomic mass is 35.5. The third kappa shape index (κ3) is 2.85. The van der Waals surface area contributed by atoms with Crippen LogP contribution in [0.5, 0.6) is 0 Å². The molecular weight excluding hydrogens is 240 g/mol. The molecule has 0 bridgehead atoms. The maximum atomic E-state index is 11.4. The molecular formula is C11H15ClN4O. The van der Waals surface area contributed by atoms with E-state index in [2.05, 4.69) is 15.3 Å². The number of rotatable bonds is 2. The Morgan fingerprint density at radius 3 is 3.06 bits per heavy atom. The maximum Gasteiger partial charge on any atom is 0.224 e. The first-order valence-electron chi connectivity index (χ1n) is 5.56. The van der Waals surface area contributed by atoms with Gasteiger partial charge in [0.05, 0.1) is 0 Å². The number of aromatic nitrogens is 2. The Bertz CT molecular complexity index is 437. The van der Waals surface area contributed by atoms with Crippen molar-refractivity contribution in [3.05, 3.63) is 17.0 Å². The van der Waals surface area contributed by atoms with Gasteiger partial charge in [0, 0.05) is 37.8 Å². The molecule has 1 N–H and O–H groups in total. The van der Waals surface area contributed by atoms with E-state index in [4.69, 9.17) is 11.6 Å². The first-order valence-corrected chi connectivity index (χ1v) is 5.93. The summed E-state index contributed by atoms with van der Waals surface area (Å²) < 4.78 is 0. The Morgan fingerprint density at radius 2 is 2.35 bits per heavy atom. The van der Waals surface area contributed by atoms with E-state index in [-0.39, 0.29) is 17.2 Å². The predicted octanol–water partition coefficient (Wildman–Crippen LogP) is 1.47. The van der Waals surface area contributed by atoms with Gasteiger partial charge >= 0.3 is 0 Å². The molecule has 1 aromatic rings. The second-order valence-electron chi connectivity index (χ2n) is 4.32. The van der Waals surface area contributed by atoms with Crippen LogP contribution >= 0.6 is 11.6 Å². The molecule has 17 heavy (non-hydrogen) atoms. The molecule has 1 fully saturated rings. The summed E-state index contributed by atoms with van der Waals surface area (Å²) in [4.78, 5) is 21.2. The largest absolute Gasteiger partial charge is 0.365 e. The summed E-state index contributed by atoms with van der Waals surface area (Å²) in [6, 6.07) is 0.224. The Labute approximate surface area is 105 Å². The number of piperidine rings is 1. The van der Waals surface area contributed by atoms with E-state index in [0.29, 0.717) is 13.0 Å². The number of carbonyl (C=O) groups is 1. The lowest BCUT2D eigenvalue weighted by atomic mass is 10.1.